The molecular weight excluding hydrogens is 310 g/mol. The molecule has 3 fully saturated rings. The molecule has 4 rings (SSSR count). The van der Waals surface area contributed by atoms with Crippen LogP contribution in [-0.4, -0.2) is 25.2 Å². The number of ether oxygens (including phenoxy) is 1. The predicted octanol–water partition coefficient (Wildman–Crippen LogP) is 3.97. The van der Waals surface area contributed by atoms with E-state index >= 15 is 0 Å². The Bertz CT molecular complexity index is 573. The summed E-state index contributed by atoms with van der Waals surface area (Å²) < 4.78 is 5.68. The number of benzene rings is 1. The smallest absolute Gasteiger partial charge is 0.220 e. The maximum atomic E-state index is 12.3. The highest BCUT2D eigenvalue weighted by molar-refractivity contribution is 5.76. The molecular formula is C22H31NO2. The molecule has 3 saturated carbocycles. The van der Waals surface area contributed by atoms with Gasteiger partial charge in [-0.25, -0.2) is 0 Å². The zero-order valence-electron chi connectivity index (χ0n) is 15.2. The number of carbonyl (C=O) groups excluding carboxylic acids is 1. The van der Waals surface area contributed by atoms with Crippen molar-refractivity contribution in [3.8, 4) is 0 Å². The molecule has 0 radical (unpaired) electrons. The van der Waals surface area contributed by atoms with Gasteiger partial charge in [0, 0.05) is 19.1 Å². The number of nitrogens with one attached hydrogen (secondary N) is 1. The fourth-order valence-electron chi connectivity index (χ4n) is 5.78. The lowest BCUT2D eigenvalue weighted by Crippen LogP contribution is -2.42. The van der Waals surface area contributed by atoms with E-state index in [-0.39, 0.29) is 5.91 Å². The quantitative estimate of drug-likeness (QED) is 0.727. The number of fused-ring (bicyclic) bond motifs is 5. The summed E-state index contributed by atoms with van der Waals surface area (Å²) in [5.41, 5.74) is 1.31. The second-order valence-corrected chi connectivity index (χ2v) is 8.28. The zero-order valence-corrected chi connectivity index (χ0v) is 15.2. The van der Waals surface area contributed by atoms with Crippen molar-refractivity contribution in [2.75, 3.05) is 13.2 Å². The summed E-state index contributed by atoms with van der Waals surface area (Å²) in [5, 5.41) is 3.35. The van der Waals surface area contributed by atoms with Crippen molar-refractivity contribution in [2.45, 2.75) is 57.4 Å². The first-order valence-corrected chi connectivity index (χ1v) is 10.2. The molecule has 1 aromatic rings. The second kappa shape index (κ2) is 7.90. The molecule has 3 aliphatic carbocycles. The van der Waals surface area contributed by atoms with Crippen LogP contribution in [0.15, 0.2) is 30.3 Å². The van der Waals surface area contributed by atoms with Crippen LogP contribution >= 0.6 is 0 Å². The molecule has 0 heterocycles. The Labute approximate surface area is 151 Å². The number of carbonyl (C=O) groups is 1. The number of amides is 1. The third kappa shape index (κ3) is 3.92. The minimum atomic E-state index is 0.235. The standard InChI is InChI=1S/C22H31NO2/c24-22(10-5-12-25-13-11-16-6-2-1-3-7-16)23-21-15-17-14-20(21)19-9-4-8-18(17)19/h1-3,6-7,17-21H,4-5,8-15H2,(H,23,24)/t17-,18-,19+,20+,21-/m1/s1. The molecule has 0 spiro atoms. The molecule has 2 bridgehead atoms. The van der Waals surface area contributed by atoms with Crippen LogP contribution in [0.3, 0.4) is 0 Å². The van der Waals surface area contributed by atoms with Crippen LogP contribution in [0.5, 0.6) is 0 Å². The van der Waals surface area contributed by atoms with Crippen LogP contribution in [0.2, 0.25) is 0 Å². The van der Waals surface area contributed by atoms with Crippen molar-refractivity contribution in [2.24, 2.45) is 23.7 Å². The van der Waals surface area contributed by atoms with E-state index in [1.165, 1.54) is 37.7 Å². The zero-order chi connectivity index (χ0) is 17.1. The van der Waals surface area contributed by atoms with E-state index in [1.54, 1.807) is 0 Å². The van der Waals surface area contributed by atoms with Gasteiger partial charge in [0.15, 0.2) is 0 Å². The first-order chi connectivity index (χ1) is 12.3. The SMILES string of the molecule is O=C(CCCOCCc1ccccc1)N[C@@H]1C[C@H]2C[C@H]1[C@H]1CCC[C@H]21. The van der Waals surface area contributed by atoms with E-state index in [1.807, 2.05) is 6.07 Å². The molecule has 3 nitrogen and oxygen atoms in total. The topological polar surface area (TPSA) is 38.3 Å². The Hall–Kier alpha value is -1.35. The third-order valence-corrected chi connectivity index (χ3v) is 6.85. The normalized spacial score (nSPS) is 32.7. The van der Waals surface area contributed by atoms with Crippen molar-refractivity contribution >= 4 is 5.91 Å². The van der Waals surface area contributed by atoms with E-state index in [4.69, 9.17) is 4.74 Å². The van der Waals surface area contributed by atoms with Crippen molar-refractivity contribution in [3.63, 3.8) is 0 Å². The number of hydrogen-bond donors (Lipinski definition) is 1. The van der Waals surface area contributed by atoms with Crippen LogP contribution in [0.1, 0.15) is 50.5 Å². The summed E-state index contributed by atoms with van der Waals surface area (Å²) in [5.74, 6) is 3.84. The molecule has 0 saturated heterocycles. The minimum Gasteiger partial charge on any atom is -0.381 e. The molecule has 1 amide bonds. The van der Waals surface area contributed by atoms with Crippen LogP contribution in [-0.2, 0) is 16.0 Å². The third-order valence-electron chi connectivity index (χ3n) is 6.85. The summed E-state index contributed by atoms with van der Waals surface area (Å²) in [6, 6.07) is 10.9. The highest BCUT2D eigenvalue weighted by atomic mass is 16.5. The average molecular weight is 341 g/mol. The van der Waals surface area contributed by atoms with Crippen molar-refractivity contribution in [3.05, 3.63) is 35.9 Å². The van der Waals surface area contributed by atoms with Crippen LogP contribution in [0.25, 0.3) is 0 Å². The van der Waals surface area contributed by atoms with Crippen LogP contribution < -0.4 is 5.32 Å². The van der Waals surface area contributed by atoms with Gasteiger partial charge in [0.2, 0.25) is 5.91 Å². The lowest BCUT2D eigenvalue weighted by molar-refractivity contribution is -0.122. The molecule has 3 heteroatoms. The van der Waals surface area contributed by atoms with Gasteiger partial charge in [-0.2, -0.15) is 0 Å². The largest absolute Gasteiger partial charge is 0.381 e. The minimum absolute atomic E-state index is 0.235. The van der Waals surface area contributed by atoms with E-state index < -0.39 is 0 Å². The molecule has 1 aromatic carbocycles. The Morgan fingerprint density at radius 2 is 1.88 bits per heavy atom. The maximum absolute atomic E-state index is 12.3. The molecule has 0 unspecified atom stereocenters. The van der Waals surface area contributed by atoms with E-state index in [0.717, 1.165) is 43.1 Å². The Kier molecular flexibility index (Phi) is 5.40. The van der Waals surface area contributed by atoms with Gasteiger partial charge < -0.3 is 10.1 Å². The predicted molar refractivity (Wildman–Crippen MR) is 99.2 cm³/mol. The highest BCUT2D eigenvalue weighted by Crippen LogP contribution is 2.58. The summed E-state index contributed by atoms with van der Waals surface area (Å²) in [7, 11) is 0. The number of hydrogen-bond acceptors (Lipinski definition) is 2. The van der Waals surface area contributed by atoms with Crippen LogP contribution in [0, 0.1) is 23.7 Å². The summed E-state index contributed by atoms with van der Waals surface area (Å²) >= 11 is 0. The van der Waals surface area contributed by atoms with Gasteiger partial charge in [0.1, 0.15) is 0 Å². The van der Waals surface area contributed by atoms with Crippen molar-refractivity contribution < 1.29 is 9.53 Å². The molecule has 136 valence electrons. The van der Waals surface area contributed by atoms with Gasteiger partial charge in [0.25, 0.3) is 0 Å². The lowest BCUT2D eigenvalue weighted by Gasteiger charge is -2.32. The molecule has 3 aliphatic rings. The number of rotatable bonds is 8. The summed E-state index contributed by atoms with van der Waals surface area (Å²) in [6.07, 6.45) is 9.28. The Balaban J connectivity index is 1.09. The second-order valence-electron chi connectivity index (χ2n) is 8.28. The summed E-state index contributed by atoms with van der Waals surface area (Å²) in [6.45, 7) is 1.42. The Morgan fingerprint density at radius 3 is 2.76 bits per heavy atom. The van der Waals surface area contributed by atoms with Crippen molar-refractivity contribution in [1.29, 1.82) is 0 Å². The van der Waals surface area contributed by atoms with Gasteiger partial charge in [-0.1, -0.05) is 36.8 Å². The molecule has 25 heavy (non-hydrogen) atoms. The molecule has 1 N–H and O–H groups in total. The van der Waals surface area contributed by atoms with Crippen molar-refractivity contribution in [1.82, 2.24) is 5.32 Å². The Morgan fingerprint density at radius 1 is 1.04 bits per heavy atom. The van der Waals surface area contributed by atoms with E-state index in [0.29, 0.717) is 19.1 Å². The monoisotopic (exact) mass is 341 g/mol. The van der Waals surface area contributed by atoms with Gasteiger partial charge in [0.05, 0.1) is 6.61 Å². The summed E-state index contributed by atoms with van der Waals surface area (Å²) in [4.78, 5) is 12.3. The maximum Gasteiger partial charge on any atom is 0.220 e. The highest BCUT2D eigenvalue weighted by Gasteiger charge is 2.53. The molecule has 0 aromatic heterocycles. The van der Waals surface area contributed by atoms with Gasteiger partial charge in [-0.15, -0.1) is 0 Å². The first kappa shape index (κ1) is 17.1. The first-order valence-electron chi connectivity index (χ1n) is 10.2. The fourth-order valence-corrected chi connectivity index (χ4v) is 5.78. The molecule has 5 atom stereocenters. The fraction of sp³-hybridized carbons (Fsp3) is 0.682. The van der Waals surface area contributed by atoms with Gasteiger partial charge in [-0.3, -0.25) is 4.79 Å². The van der Waals surface area contributed by atoms with Gasteiger partial charge >= 0.3 is 0 Å². The van der Waals surface area contributed by atoms with Gasteiger partial charge in [-0.05, 0) is 67.8 Å². The van der Waals surface area contributed by atoms with E-state index in [9.17, 15) is 4.79 Å². The molecule has 0 aliphatic heterocycles. The lowest BCUT2D eigenvalue weighted by atomic mass is 9.79. The van der Waals surface area contributed by atoms with E-state index in [2.05, 4.69) is 29.6 Å². The average Bonchev–Trinajstić information content (AvgIpc) is 3.32. The van der Waals surface area contributed by atoms with Crippen LogP contribution in [0.4, 0.5) is 0 Å².